The van der Waals surface area contributed by atoms with Gasteiger partial charge in [-0.2, -0.15) is 0 Å². The van der Waals surface area contributed by atoms with Crippen molar-refractivity contribution < 1.29 is 17.9 Å². The molecule has 25 heavy (non-hydrogen) atoms. The molecule has 1 aromatic rings. The molecule has 10 heteroatoms. The van der Waals surface area contributed by atoms with Crippen molar-refractivity contribution in [3.8, 4) is 0 Å². The highest BCUT2D eigenvalue weighted by Crippen LogP contribution is 2.04. The number of aromatic nitrogens is 1. The number of aliphatic imine (C=N–C) groups is 1. The number of methoxy groups -OCH3 is 1. The minimum Gasteiger partial charge on any atom is -0.382 e. The van der Waals surface area contributed by atoms with Crippen LogP contribution in [0.15, 0.2) is 34.4 Å². The van der Waals surface area contributed by atoms with Crippen LogP contribution in [0.25, 0.3) is 0 Å². The van der Waals surface area contributed by atoms with Crippen molar-refractivity contribution in [1.82, 2.24) is 20.3 Å². The Bertz CT molecular complexity index is 595. The van der Waals surface area contributed by atoms with Crippen molar-refractivity contribution in [2.75, 3.05) is 53.6 Å². The van der Waals surface area contributed by atoms with E-state index in [9.17, 15) is 8.42 Å². The van der Waals surface area contributed by atoms with Gasteiger partial charge in [-0.25, -0.2) is 13.1 Å². The predicted octanol–water partition coefficient (Wildman–Crippen LogP) is -0.422. The summed E-state index contributed by atoms with van der Waals surface area (Å²) in [6, 6.07) is 3.08. The van der Waals surface area contributed by atoms with E-state index in [2.05, 4.69) is 25.3 Å². The van der Waals surface area contributed by atoms with E-state index in [1.807, 2.05) is 0 Å². The topological polar surface area (TPSA) is 114 Å². The second-order valence-electron chi connectivity index (χ2n) is 4.97. The largest absolute Gasteiger partial charge is 0.382 e. The van der Waals surface area contributed by atoms with Crippen LogP contribution in [0, 0.1) is 0 Å². The highest BCUT2D eigenvalue weighted by atomic mass is 32.2. The molecule has 3 N–H and O–H groups in total. The molecule has 1 aromatic heterocycles. The van der Waals surface area contributed by atoms with Crippen molar-refractivity contribution >= 4 is 16.0 Å². The summed E-state index contributed by atoms with van der Waals surface area (Å²) < 4.78 is 36.8. The summed E-state index contributed by atoms with van der Waals surface area (Å²) in [7, 11) is -0.243. The Balaban J connectivity index is 2.17. The van der Waals surface area contributed by atoms with Gasteiger partial charge in [0.15, 0.2) is 5.96 Å². The third-order valence-electron chi connectivity index (χ3n) is 3.07. The van der Waals surface area contributed by atoms with E-state index in [1.54, 1.807) is 20.2 Å². The SMILES string of the molecule is CN=C(NCCCOCCOC)NCCNS(=O)(=O)c1cccnc1. The minimum atomic E-state index is -3.54. The molecule has 0 bridgehead atoms. The third-order valence-corrected chi connectivity index (χ3v) is 4.51. The Morgan fingerprint density at radius 1 is 1.20 bits per heavy atom. The van der Waals surface area contributed by atoms with E-state index in [4.69, 9.17) is 9.47 Å². The molecule has 1 rings (SSSR count). The number of sulfonamides is 1. The highest BCUT2D eigenvalue weighted by Gasteiger charge is 2.12. The van der Waals surface area contributed by atoms with Crippen molar-refractivity contribution in [1.29, 1.82) is 0 Å². The summed E-state index contributed by atoms with van der Waals surface area (Å²) in [5.74, 6) is 0.609. The summed E-state index contributed by atoms with van der Waals surface area (Å²) in [6.45, 7) is 3.15. The van der Waals surface area contributed by atoms with E-state index in [1.165, 1.54) is 18.5 Å². The van der Waals surface area contributed by atoms with Gasteiger partial charge in [0.05, 0.1) is 13.2 Å². The lowest BCUT2D eigenvalue weighted by Gasteiger charge is -2.12. The van der Waals surface area contributed by atoms with Crippen LogP contribution in [0.5, 0.6) is 0 Å². The van der Waals surface area contributed by atoms with Crippen LogP contribution in [0.1, 0.15) is 6.42 Å². The van der Waals surface area contributed by atoms with Gasteiger partial charge in [0.2, 0.25) is 10.0 Å². The molecule has 0 saturated heterocycles. The van der Waals surface area contributed by atoms with Crippen LogP contribution < -0.4 is 15.4 Å². The first-order valence-electron chi connectivity index (χ1n) is 8.01. The smallest absolute Gasteiger partial charge is 0.242 e. The Morgan fingerprint density at radius 3 is 2.68 bits per heavy atom. The summed E-state index contributed by atoms with van der Waals surface area (Å²) >= 11 is 0. The number of ether oxygens (including phenoxy) is 2. The van der Waals surface area contributed by atoms with Crippen molar-refractivity contribution in [3.05, 3.63) is 24.5 Å². The van der Waals surface area contributed by atoms with Crippen LogP contribution >= 0.6 is 0 Å². The molecule has 0 fully saturated rings. The Hall–Kier alpha value is -1.75. The van der Waals surface area contributed by atoms with Gasteiger partial charge in [-0.3, -0.25) is 9.98 Å². The number of nitrogens with one attached hydrogen (secondary N) is 3. The second kappa shape index (κ2) is 12.6. The zero-order chi connectivity index (χ0) is 18.4. The van der Waals surface area contributed by atoms with Crippen molar-refractivity contribution in [2.45, 2.75) is 11.3 Å². The number of guanidine groups is 1. The molecule has 0 radical (unpaired) electrons. The molecule has 0 aliphatic carbocycles. The third kappa shape index (κ3) is 9.34. The summed E-state index contributed by atoms with van der Waals surface area (Å²) in [6.07, 6.45) is 3.67. The van der Waals surface area contributed by atoms with Gasteiger partial charge >= 0.3 is 0 Å². The van der Waals surface area contributed by atoms with E-state index in [-0.39, 0.29) is 11.4 Å². The van der Waals surface area contributed by atoms with Gasteiger partial charge in [0.1, 0.15) is 4.90 Å². The van der Waals surface area contributed by atoms with Crippen molar-refractivity contribution in [2.24, 2.45) is 4.99 Å². The highest BCUT2D eigenvalue weighted by molar-refractivity contribution is 7.89. The number of nitrogens with zero attached hydrogens (tertiary/aromatic N) is 2. The average molecular weight is 373 g/mol. The number of hydrogen-bond donors (Lipinski definition) is 3. The lowest BCUT2D eigenvalue weighted by Crippen LogP contribution is -2.42. The number of hydrogen-bond acceptors (Lipinski definition) is 6. The fraction of sp³-hybridized carbons (Fsp3) is 0.600. The molecule has 0 atom stereocenters. The fourth-order valence-electron chi connectivity index (χ4n) is 1.80. The lowest BCUT2D eigenvalue weighted by molar-refractivity contribution is 0.0698. The Kier molecular flexibility index (Phi) is 10.7. The minimum absolute atomic E-state index is 0.144. The van der Waals surface area contributed by atoms with E-state index in [0.29, 0.717) is 38.9 Å². The number of pyridine rings is 1. The molecular formula is C15H27N5O4S. The maximum atomic E-state index is 12.0. The standard InChI is InChI=1S/C15H27N5O4S/c1-16-15(18-7-4-10-24-12-11-23-2)19-8-9-20-25(21,22)14-5-3-6-17-13-14/h3,5-6,13,20H,4,7-12H2,1-2H3,(H2,16,18,19). The molecule has 1 heterocycles. The predicted molar refractivity (Wildman–Crippen MR) is 96.1 cm³/mol. The van der Waals surface area contributed by atoms with Crippen molar-refractivity contribution in [3.63, 3.8) is 0 Å². The fourth-order valence-corrected chi connectivity index (χ4v) is 2.80. The Morgan fingerprint density at radius 2 is 2.00 bits per heavy atom. The average Bonchev–Trinajstić information content (AvgIpc) is 2.63. The molecule has 0 spiro atoms. The van der Waals surface area contributed by atoms with Crippen LogP contribution in [0.3, 0.4) is 0 Å². The molecule has 0 unspecified atom stereocenters. The zero-order valence-electron chi connectivity index (χ0n) is 14.7. The van der Waals surface area contributed by atoms with E-state index >= 15 is 0 Å². The van der Waals surface area contributed by atoms with E-state index < -0.39 is 10.0 Å². The van der Waals surface area contributed by atoms with Crippen LogP contribution in [0.2, 0.25) is 0 Å². The second-order valence-corrected chi connectivity index (χ2v) is 6.74. The normalized spacial score (nSPS) is 12.2. The van der Waals surface area contributed by atoms with Crippen LogP contribution in [-0.2, 0) is 19.5 Å². The van der Waals surface area contributed by atoms with Crippen LogP contribution in [0.4, 0.5) is 0 Å². The molecule has 0 aliphatic heterocycles. The zero-order valence-corrected chi connectivity index (χ0v) is 15.5. The number of rotatable bonds is 12. The first-order valence-corrected chi connectivity index (χ1v) is 9.49. The monoisotopic (exact) mass is 373 g/mol. The first kappa shape index (κ1) is 21.3. The van der Waals surface area contributed by atoms with Gasteiger partial charge in [0, 0.05) is 52.8 Å². The molecule has 0 amide bonds. The quantitative estimate of drug-likeness (QED) is 0.259. The van der Waals surface area contributed by atoms with Gasteiger partial charge in [-0.05, 0) is 18.6 Å². The lowest BCUT2D eigenvalue weighted by atomic mass is 10.4. The van der Waals surface area contributed by atoms with Gasteiger partial charge in [-0.1, -0.05) is 0 Å². The summed E-state index contributed by atoms with van der Waals surface area (Å²) in [5, 5.41) is 6.17. The summed E-state index contributed by atoms with van der Waals surface area (Å²) in [4.78, 5) is 8.02. The molecule has 0 saturated carbocycles. The Labute approximate surface area is 149 Å². The maximum Gasteiger partial charge on any atom is 0.242 e. The molecule has 0 aromatic carbocycles. The molecular weight excluding hydrogens is 346 g/mol. The molecule has 9 nitrogen and oxygen atoms in total. The van der Waals surface area contributed by atoms with Gasteiger partial charge in [-0.15, -0.1) is 0 Å². The van der Waals surface area contributed by atoms with Gasteiger partial charge in [0.25, 0.3) is 0 Å². The van der Waals surface area contributed by atoms with E-state index in [0.717, 1.165) is 6.42 Å². The van der Waals surface area contributed by atoms with Crippen LogP contribution in [-0.4, -0.2) is 73.0 Å². The molecule has 0 aliphatic rings. The molecule has 142 valence electrons. The first-order chi connectivity index (χ1) is 12.1. The summed E-state index contributed by atoms with van der Waals surface area (Å²) in [5.41, 5.74) is 0. The maximum absolute atomic E-state index is 12.0. The van der Waals surface area contributed by atoms with Gasteiger partial charge < -0.3 is 20.1 Å².